The van der Waals surface area contributed by atoms with Gasteiger partial charge in [0.25, 0.3) is 23.6 Å². The van der Waals surface area contributed by atoms with Crippen LogP contribution in [0.3, 0.4) is 0 Å². The minimum absolute atomic E-state index is 0.101. The highest BCUT2D eigenvalue weighted by molar-refractivity contribution is 6.13. The quantitative estimate of drug-likeness (QED) is 0.0834. The third kappa shape index (κ3) is 8.53. The maximum Gasteiger partial charge on any atom is 0.415 e. The molecule has 0 saturated carbocycles. The number of benzene rings is 3. The third-order valence-corrected chi connectivity index (χ3v) is 9.88. The Hall–Kier alpha value is -6.62. The zero-order chi connectivity index (χ0) is 40.8. The van der Waals surface area contributed by atoms with Crippen molar-refractivity contribution in [2.24, 2.45) is 0 Å². The molecule has 2 aromatic heterocycles. The fourth-order valence-electron chi connectivity index (χ4n) is 6.95. The van der Waals surface area contributed by atoms with Crippen LogP contribution in [0.5, 0.6) is 11.5 Å². The van der Waals surface area contributed by atoms with Crippen molar-refractivity contribution in [1.82, 2.24) is 24.5 Å². The van der Waals surface area contributed by atoms with Gasteiger partial charge in [-0.1, -0.05) is 18.2 Å². The van der Waals surface area contributed by atoms with E-state index in [0.29, 0.717) is 60.1 Å². The van der Waals surface area contributed by atoms with E-state index in [1.807, 2.05) is 25.1 Å². The van der Waals surface area contributed by atoms with Gasteiger partial charge >= 0.3 is 6.09 Å². The maximum atomic E-state index is 14.2. The summed E-state index contributed by atoms with van der Waals surface area (Å²) in [6.07, 6.45) is 5.76. The molecule has 0 fully saturated rings. The number of hydrogen-bond acceptors (Lipinski definition) is 11. The van der Waals surface area contributed by atoms with Crippen LogP contribution >= 0.6 is 0 Å². The summed E-state index contributed by atoms with van der Waals surface area (Å²) in [6, 6.07) is 17.6. The number of amides is 5. The third-order valence-electron chi connectivity index (χ3n) is 9.88. The molecule has 0 bridgehead atoms. The topological polar surface area (TPSA) is 173 Å². The van der Waals surface area contributed by atoms with Gasteiger partial charge in [-0.15, -0.1) is 0 Å². The lowest BCUT2D eigenvalue weighted by Gasteiger charge is -2.24. The van der Waals surface area contributed by atoms with Crippen LogP contribution in [0.4, 0.5) is 16.2 Å². The van der Waals surface area contributed by atoms with Gasteiger partial charge in [0.05, 0.1) is 31.1 Å². The van der Waals surface area contributed by atoms with Gasteiger partial charge in [-0.2, -0.15) is 0 Å². The van der Waals surface area contributed by atoms with Gasteiger partial charge in [0, 0.05) is 74.9 Å². The van der Waals surface area contributed by atoms with Gasteiger partial charge in [0.2, 0.25) is 0 Å². The standard InChI is InChI=1S/C42H43N7O9/c1-27-5-4-6-32-35(58-42(54)46(18-16-43-2)19-21-56-22-20-49-37(50)13-14-38(49)51)23-34-31(39(27)32)15-17-48(34)41(53)33-25-47-24-29(9-12-36(47)45-33)44-40(52)28-7-10-30(11-8-28)57-26-55-3/h4-14,23-25,43H,15-22,26H2,1-3H3,(H,44,52). The minimum atomic E-state index is -0.595. The molecule has 16 nitrogen and oxygen atoms in total. The van der Waals surface area contributed by atoms with Crippen LogP contribution in [0.25, 0.3) is 16.4 Å². The second kappa shape index (κ2) is 17.7. The highest BCUT2D eigenvalue weighted by Gasteiger charge is 2.31. The van der Waals surface area contributed by atoms with Gasteiger partial charge in [-0.3, -0.25) is 24.1 Å². The number of hydrogen-bond donors (Lipinski definition) is 2. The number of likely N-dealkylation sites (N-methyl/N-ethyl adjacent to an activating group) is 1. The van der Waals surface area contributed by atoms with E-state index in [-0.39, 0.29) is 62.4 Å². The fraction of sp³-hybridized carbons (Fsp3) is 0.286. The van der Waals surface area contributed by atoms with E-state index in [4.69, 9.17) is 18.9 Å². The Morgan fingerprint density at radius 1 is 0.948 bits per heavy atom. The number of anilines is 2. The smallest absolute Gasteiger partial charge is 0.415 e. The summed E-state index contributed by atoms with van der Waals surface area (Å²) in [4.78, 5) is 73.5. The van der Waals surface area contributed by atoms with Gasteiger partial charge in [-0.25, -0.2) is 9.78 Å². The van der Waals surface area contributed by atoms with E-state index in [2.05, 4.69) is 15.6 Å². The van der Waals surface area contributed by atoms with Crippen molar-refractivity contribution in [3.05, 3.63) is 108 Å². The molecule has 2 N–H and O–H groups in total. The molecule has 0 unspecified atom stereocenters. The molecule has 2 aliphatic rings. The average molecular weight is 790 g/mol. The molecular formula is C42H43N7O9. The van der Waals surface area contributed by atoms with E-state index in [9.17, 15) is 24.0 Å². The molecule has 0 aliphatic carbocycles. The summed E-state index contributed by atoms with van der Waals surface area (Å²) in [5.41, 5.74) is 4.25. The molecule has 3 aromatic carbocycles. The summed E-state index contributed by atoms with van der Waals surface area (Å²) >= 11 is 0. The molecule has 0 radical (unpaired) electrons. The zero-order valence-corrected chi connectivity index (χ0v) is 32.4. The molecule has 0 spiro atoms. The number of ether oxygens (including phenoxy) is 4. The highest BCUT2D eigenvalue weighted by atomic mass is 16.7. The van der Waals surface area contributed by atoms with Crippen LogP contribution in [0.15, 0.2) is 85.2 Å². The molecule has 300 valence electrons. The van der Waals surface area contributed by atoms with Crippen molar-refractivity contribution in [1.29, 1.82) is 0 Å². The molecular weight excluding hydrogens is 747 g/mol. The Bertz CT molecular complexity index is 2390. The first-order valence-electron chi connectivity index (χ1n) is 18.8. The minimum Gasteiger partial charge on any atom is -0.468 e. The first kappa shape index (κ1) is 39.6. The number of imide groups is 1. The largest absolute Gasteiger partial charge is 0.468 e. The van der Waals surface area contributed by atoms with E-state index in [1.165, 1.54) is 24.2 Å². The van der Waals surface area contributed by atoms with Gasteiger partial charge in [0.15, 0.2) is 6.79 Å². The van der Waals surface area contributed by atoms with Crippen LogP contribution in [0.1, 0.15) is 32.0 Å². The lowest BCUT2D eigenvalue weighted by Crippen LogP contribution is -2.40. The van der Waals surface area contributed by atoms with Gasteiger partial charge in [0.1, 0.15) is 22.8 Å². The molecule has 16 heteroatoms. The Morgan fingerprint density at radius 3 is 2.50 bits per heavy atom. The second-order valence-electron chi connectivity index (χ2n) is 13.6. The summed E-state index contributed by atoms with van der Waals surface area (Å²) in [5.74, 6) is -0.519. The number of methoxy groups -OCH3 is 1. The monoisotopic (exact) mass is 789 g/mol. The summed E-state index contributed by atoms with van der Waals surface area (Å²) in [7, 11) is 3.31. The van der Waals surface area contributed by atoms with Gasteiger partial charge in [-0.05, 0) is 73.3 Å². The molecule has 5 amide bonds. The number of fused-ring (bicyclic) bond motifs is 4. The lowest BCUT2D eigenvalue weighted by atomic mass is 9.97. The number of pyridine rings is 1. The molecule has 5 aromatic rings. The van der Waals surface area contributed by atoms with Crippen molar-refractivity contribution in [2.75, 3.05) is 77.1 Å². The van der Waals surface area contributed by atoms with Crippen LogP contribution in [-0.2, 0) is 25.5 Å². The second-order valence-corrected chi connectivity index (χ2v) is 13.6. The molecule has 7 rings (SSSR count). The number of carbonyl (C=O) groups is 5. The summed E-state index contributed by atoms with van der Waals surface area (Å²) in [6.45, 7) is 3.90. The van der Waals surface area contributed by atoms with Crippen LogP contribution in [0, 0.1) is 6.92 Å². The van der Waals surface area contributed by atoms with Crippen LogP contribution in [-0.4, -0.2) is 116 Å². The maximum absolute atomic E-state index is 14.2. The average Bonchev–Trinajstić information content (AvgIpc) is 3.94. The number of aromatic nitrogens is 2. The number of nitrogens with one attached hydrogen (secondary N) is 2. The number of nitrogens with zero attached hydrogens (tertiary/aromatic N) is 5. The zero-order valence-electron chi connectivity index (χ0n) is 32.4. The summed E-state index contributed by atoms with van der Waals surface area (Å²) < 4.78 is 23.8. The normalized spacial score (nSPS) is 13.4. The Morgan fingerprint density at radius 2 is 1.74 bits per heavy atom. The number of imidazole rings is 1. The van der Waals surface area contributed by atoms with Crippen molar-refractivity contribution in [2.45, 2.75) is 13.3 Å². The molecule has 58 heavy (non-hydrogen) atoms. The van der Waals surface area contributed by atoms with Crippen LogP contribution < -0.4 is 25.0 Å². The van der Waals surface area contributed by atoms with Crippen molar-refractivity contribution in [3.63, 3.8) is 0 Å². The van der Waals surface area contributed by atoms with Crippen LogP contribution in [0.2, 0.25) is 0 Å². The van der Waals surface area contributed by atoms with Crippen molar-refractivity contribution in [3.8, 4) is 11.5 Å². The van der Waals surface area contributed by atoms with E-state index < -0.39 is 6.09 Å². The SMILES string of the molecule is CNCCN(CCOCCN1C(=O)C=CC1=O)C(=O)Oc1cc2c(c3c(C)cccc13)CCN2C(=O)c1cn2cc(NC(=O)c3ccc(OCOC)cc3)ccc2n1. The highest BCUT2D eigenvalue weighted by Crippen LogP contribution is 2.42. The lowest BCUT2D eigenvalue weighted by molar-refractivity contribution is -0.137. The number of aryl methyl sites for hydroxylation is 1. The molecule has 4 heterocycles. The van der Waals surface area contributed by atoms with Crippen molar-refractivity contribution < 1.29 is 42.9 Å². The molecule has 0 atom stereocenters. The van der Waals surface area contributed by atoms with E-state index in [0.717, 1.165) is 26.8 Å². The fourth-order valence-corrected chi connectivity index (χ4v) is 6.95. The van der Waals surface area contributed by atoms with Crippen molar-refractivity contribution >= 4 is 57.5 Å². The van der Waals surface area contributed by atoms with Gasteiger partial charge < -0.3 is 43.8 Å². The first-order valence-corrected chi connectivity index (χ1v) is 18.8. The molecule has 2 aliphatic heterocycles. The first-order chi connectivity index (χ1) is 28.1. The Labute approximate surface area is 333 Å². The van der Waals surface area contributed by atoms with E-state index >= 15 is 0 Å². The molecule has 0 saturated heterocycles. The van der Waals surface area contributed by atoms with E-state index in [1.54, 1.807) is 71.2 Å². The predicted molar refractivity (Wildman–Crippen MR) is 214 cm³/mol. The number of carbonyl (C=O) groups excluding carboxylic acids is 5. The number of rotatable bonds is 16. The summed E-state index contributed by atoms with van der Waals surface area (Å²) in [5, 5.41) is 7.59. The Balaban J connectivity index is 1.06. The predicted octanol–water partition coefficient (Wildman–Crippen LogP) is 4.20. The Kier molecular flexibility index (Phi) is 12.1.